The summed E-state index contributed by atoms with van der Waals surface area (Å²) < 4.78 is 31.0. The molecule has 0 saturated heterocycles. The maximum absolute atomic E-state index is 14.6. The van der Waals surface area contributed by atoms with Crippen LogP contribution in [0.4, 0.5) is 5.69 Å². The van der Waals surface area contributed by atoms with Gasteiger partial charge in [-0.15, -0.1) is 0 Å². The Kier molecular flexibility index (Phi) is 11.4. The zero-order valence-electron chi connectivity index (χ0n) is 25.6. The molecule has 0 bridgehead atoms. The lowest BCUT2D eigenvalue weighted by molar-refractivity contribution is -0.140. The molecule has 1 aliphatic carbocycles. The van der Waals surface area contributed by atoms with Gasteiger partial charge in [-0.3, -0.25) is 13.9 Å². The molecule has 5 rings (SSSR count). The van der Waals surface area contributed by atoms with E-state index in [1.165, 1.54) is 4.90 Å². The third-order valence-electron chi connectivity index (χ3n) is 8.20. The van der Waals surface area contributed by atoms with Crippen LogP contribution in [0.25, 0.3) is 0 Å². The Bertz CT molecular complexity index is 1760. The van der Waals surface area contributed by atoms with Gasteiger partial charge in [-0.05, 0) is 73.4 Å². The summed E-state index contributed by atoms with van der Waals surface area (Å²) in [5.74, 6) is -0.729. The Hall–Kier alpha value is -3.47. The second kappa shape index (κ2) is 15.4. The number of sulfonamides is 1. The van der Waals surface area contributed by atoms with Crippen molar-refractivity contribution in [3.8, 4) is 0 Å². The fraction of sp³-hybridized carbons (Fsp3) is 0.278. The monoisotopic (exact) mass is 765 g/mol. The van der Waals surface area contributed by atoms with Crippen molar-refractivity contribution < 1.29 is 18.0 Å². The highest BCUT2D eigenvalue weighted by Gasteiger charge is 2.35. The summed E-state index contributed by atoms with van der Waals surface area (Å²) >= 11 is 6.98. The fourth-order valence-electron chi connectivity index (χ4n) is 5.75. The van der Waals surface area contributed by atoms with E-state index in [9.17, 15) is 18.0 Å². The highest BCUT2D eigenvalue weighted by Crippen LogP contribution is 2.28. The first kappa shape index (κ1) is 33.9. The van der Waals surface area contributed by atoms with Gasteiger partial charge in [-0.1, -0.05) is 111 Å². The van der Waals surface area contributed by atoms with E-state index in [-0.39, 0.29) is 29.8 Å². The molecule has 240 valence electrons. The van der Waals surface area contributed by atoms with Gasteiger partial charge in [0.15, 0.2) is 0 Å². The van der Waals surface area contributed by atoms with E-state index in [4.69, 9.17) is 0 Å². The van der Waals surface area contributed by atoms with Crippen molar-refractivity contribution in [2.24, 2.45) is 0 Å². The SMILES string of the molecule is Cc1ccc(S(=O)(=O)N(CC(=O)N(Cc2cccc(Br)c2)[C@@H](Cc2ccccc2)C(=O)NC2CCCC2)c2cccc(Br)c2)cc1. The quantitative estimate of drug-likeness (QED) is 0.163. The van der Waals surface area contributed by atoms with Crippen LogP contribution < -0.4 is 9.62 Å². The molecule has 0 spiro atoms. The highest BCUT2D eigenvalue weighted by atomic mass is 79.9. The van der Waals surface area contributed by atoms with Gasteiger partial charge in [0.2, 0.25) is 11.8 Å². The number of rotatable bonds is 12. The standard InChI is InChI=1S/C36H37Br2N3O4S/c1-26-17-19-33(20-18-26)46(44,45)41(32-16-8-13-30(38)23-32)25-35(42)40(24-28-11-7-12-29(37)21-28)34(22-27-9-3-2-4-10-27)36(43)39-31-14-5-6-15-31/h2-4,7-13,16-21,23,31,34H,5-6,14-15,22,24-25H2,1H3,(H,39,43)/t34-/m0/s1. The summed E-state index contributed by atoms with van der Waals surface area (Å²) in [6, 6.07) is 29.8. The van der Waals surface area contributed by atoms with Crippen LogP contribution in [0, 0.1) is 6.92 Å². The van der Waals surface area contributed by atoms with Gasteiger partial charge < -0.3 is 10.2 Å². The summed E-state index contributed by atoms with van der Waals surface area (Å²) in [6.07, 6.45) is 4.17. The molecule has 2 amide bonds. The topological polar surface area (TPSA) is 86.8 Å². The summed E-state index contributed by atoms with van der Waals surface area (Å²) in [6.45, 7) is 1.50. The number of nitrogens with zero attached hydrogens (tertiary/aromatic N) is 2. The van der Waals surface area contributed by atoms with Crippen LogP contribution in [0.5, 0.6) is 0 Å². The van der Waals surface area contributed by atoms with Crippen LogP contribution >= 0.6 is 31.9 Å². The van der Waals surface area contributed by atoms with Crippen LogP contribution in [-0.2, 0) is 32.6 Å². The molecular weight excluding hydrogens is 730 g/mol. The molecule has 1 fully saturated rings. The Morgan fingerprint density at radius 2 is 1.46 bits per heavy atom. The first-order valence-electron chi connectivity index (χ1n) is 15.3. The third-order valence-corrected chi connectivity index (χ3v) is 11.0. The van der Waals surface area contributed by atoms with E-state index in [2.05, 4.69) is 37.2 Å². The van der Waals surface area contributed by atoms with Crippen molar-refractivity contribution in [1.29, 1.82) is 0 Å². The number of anilines is 1. The molecular formula is C36H37Br2N3O4S. The molecule has 46 heavy (non-hydrogen) atoms. The van der Waals surface area contributed by atoms with Crippen molar-refractivity contribution >= 4 is 59.4 Å². The summed E-state index contributed by atoms with van der Waals surface area (Å²) in [5, 5.41) is 3.21. The zero-order valence-corrected chi connectivity index (χ0v) is 29.6. The van der Waals surface area contributed by atoms with E-state index in [1.54, 1.807) is 48.5 Å². The molecule has 1 aliphatic rings. The van der Waals surface area contributed by atoms with Gasteiger partial charge in [-0.25, -0.2) is 8.42 Å². The van der Waals surface area contributed by atoms with Crippen molar-refractivity contribution in [1.82, 2.24) is 10.2 Å². The van der Waals surface area contributed by atoms with Gasteiger partial charge in [0.05, 0.1) is 10.6 Å². The summed E-state index contributed by atoms with van der Waals surface area (Å²) in [4.78, 5) is 30.3. The van der Waals surface area contributed by atoms with Crippen LogP contribution in [0.15, 0.2) is 117 Å². The lowest BCUT2D eigenvalue weighted by Crippen LogP contribution is -2.54. The number of amides is 2. The minimum atomic E-state index is -4.16. The molecule has 10 heteroatoms. The Balaban J connectivity index is 1.57. The average molecular weight is 768 g/mol. The van der Waals surface area contributed by atoms with Crippen molar-refractivity contribution in [2.75, 3.05) is 10.8 Å². The molecule has 0 heterocycles. The smallest absolute Gasteiger partial charge is 0.264 e. The maximum atomic E-state index is 14.6. The number of carbonyl (C=O) groups excluding carboxylic acids is 2. The van der Waals surface area contributed by atoms with Crippen LogP contribution in [0.1, 0.15) is 42.4 Å². The predicted molar refractivity (Wildman–Crippen MR) is 189 cm³/mol. The largest absolute Gasteiger partial charge is 0.352 e. The number of halogens is 2. The highest BCUT2D eigenvalue weighted by molar-refractivity contribution is 9.10. The van der Waals surface area contributed by atoms with Gasteiger partial charge in [0, 0.05) is 28.0 Å². The molecule has 0 unspecified atom stereocenters. The Morgan fingerprint density at radius 3 is 2.11 bits per heavy atom. The fourth-order valence-corrected chi connectivity index (χ4v) is 7.99. The van der Waals surface area contributed by atoms with E-state index in [1.807, 2.05) is 61.5 Å². The zero-order chi connectivity index (χ0) is 32.7. The number of benzene rings is 4. The van der Waals surface area contributed by atoms with Crippen LogP contribution in [0.2, 0.25) is 0 Å². The second-order valence-corrected chi connectivity index (χ2v) is 15.3. The first-order chi connectivity index (χ1) is 22.1. The van der Waals surface area contributed by atoms with E-state index >= 15 is 0 Å². The number of carbonyl (C=O) groups is 2. The van der Waals surface area contributed by atoms with Gasteiger partial charge >= 0.3 is 0 Å². The molecule has 4 aromatic carbocycles. The van der Waals surface area contributed by atoms with E-state index in [0.29, 0.717) is 10.2 Å². The molecule has 1 atom stereocenters. The molecule has 7 nitrogen and oxygen atoms in total. The van der Waals surface area contributed by atoms with Crippen molar-refractivity contribution in [2.45, 2.75) is 62.6 Å². The maximum Gasteiger partial charge on any atom is 0.264 e. The molecule has 0 aromatic heterocycles. The predicted octanol–water partition coefficient (Wildman–Crippen LogP) is 7.41. The first-order valence-corrected chi connectivity index (χ1v) is 18.4. The van der Waals surface area contributed by atoms with Crippen LogP contribution in [0.3, 0.4) is 0 Å². The van der Waals surface area contributed by atoms with E-state index in [0.717, 1.165) is 51.2 Å². The Labute approximate surface area is 288 Å². The van der Waals surface area contributed by atoms with Crippen LogP contribution in [-0.4, -0.2) is 43.8 Å². The number of aryl methyl sites for hydroxylation is 1. The van der Waals surface area contributed by atoms with E-state index < -0.39 is 28.5 Å². The molecule has 0 aliphatic heterocycles. The van der Waals surface area contributed by atoms with Gasteiger partial charge in [0.25, 0.3) is 10.0 Å². The second-order valence-electron chi connectivity index (χ2n) is 11.7. The molecule has 1 N–H and O–H groups in total. The van der Waals surface area contributed by atoms with Gasteiger partial charge in [0.1, 0.15) is 12.6 Å². The lowest BCUT2D eigenvalue weighted by Gasteiger charge is -2.34. The molecule has 1 saturated carbocycles. The summed E-state index contributed by atoms with van der Waals surface area (Å²) in [5.41, 5.74) is 2.96. The summed E-state index contributed by atoms with van der Waals surface area (Å²) in [7, 11) is -4.16. The lowest BCUT2D eigenvalue weighted by atomic mass is 10.0. The minimum Gasteiger partial charge on any atom is -0.352 e. The third kappa shape index (κ3) is 8.66. The van der Waals surface area contributed by atoms with Crippen molar-refractivity contribution in [3.63, 3.8) is 0 Å². The number of hydrogen-bond acceptors (Lipinski definition) is 4. The normalized spacial score (nSPS) is 14.1. The average Bonchev–Trinajstić information content (AvgIpc) is 3.55. The molecule has 0 radical (unpaired) electrons. The minimum absolute atomic E-state index is 0.0497. The van der Waals surface area contributed by atoms with Crippen molar-refractivity contribution in [3.05, 3.63) is 129 Å². The van der Waals surface area contributed by atoms with Gasteiger partial charge in [-0.2, -0.15) is 0 Å². The molecule has 4 aromatic rings. The number of hydrogen-bond donors (Lipinski definition) is 1. The number of nitrogens with one attached hydrogen (secondary N) is 1. The Morgan fingerprint density at radius 1 is 0.826 bits per heavy atom.